The molecule has 0 unspecified atom stereocenters. The van der Waals surface area contributed by atoms with Gasteiger partial charge in [-0.05, 0) is 50.3 Å². The number of aromatic nitrogens is 1. The predicted octanol–water partition coefficient (Wildman–Crippen LogP) is 4.52. The van der Waals surface area contributed by atoms with Crippen LogP contribution in [0.3, 0.4) is 0 Å². The number of amides is 1. The van der Waals surface area contributed by atoms with Crippen molar-refractivity contribution in [1.29, 1.82) is 0 Å². The van der Waals surface area contributed by atoms with Crippen molar-refractivity contribution in [2.45, 2.75) is 63.4 Å². The van der Waals surface area contributed by atoms with E-state index in [4.69, 9.17) is 9.15 Å². The van der Waals surface area contributed by atoms with Gasteiger partial charge < -0.3 is 14.1 Å². The number of nitrogens with zero attached hydrogens (tertiary/aromatic N) is 2. The smallest absolute Gasteiger partial charge is 0.253 e. The molecule has 1 aromatic heterocycles. The molecule has 2 aliphatic rings. The third-order valence-electron chi connectivity index (χ3n) is 5.70. The van der Waals surface area contributed by atoms with Crippen molar-refractivity contribution in [3.8, 4) is 0 Å². The van der Waals surface area contributed by atoms with E-state index in [1.807, 2.05) is 25.2 Å². The average molecular weight is 356 g/mol. The highest BCUT2D eigenvalue weighted by Crippen LogP contribution is 2.33. The Hall–Kier alpha value is -1.88. The molecule has 2 heterocycles. The number of carbonyl (C=O) groups is 1. The Balaban J connectivity index is 1.47. The maximum Gasteiger partial charge on any atom is 0.253 e. The lowest BCUT2D eigenvalue weighted by Crippen LogP contribution is -2.37. The molecule has 1 aliphatic heterocycles. The summed E-state index contributed by atoms with van der Waals surface area (Å²) >= 11 is 0. The van der Waals surface area contributed by atoms with Crippen LogP contribution in [-0.2, 0) is 4.74 Å². The molecule has 1 saturated heterocycles. The zero-order valence-corrected chi connectivity index (χ0v) is 15.6. The maximum atomic E-state index is 12.8. The van der Waals surface area contributed by atoms with E-state index in [9.17, 15) is 4.79 Å². The molecular weight excluding hydrogens is 328 g/mol. The number of carbonyl (C=O) groups excluding carboxylic acids is 1. The van der Waals surface area contributed by atoms with E-state index in [1.165, 1.54) is 25.7 Å². The molecule has 0 N–H and O–H groups in total. The van der Waals surface area contributed by atoms with Gasteiger partial charge in [0.05, 0.1) is 6.10 Å². The van der Waals surface area contributed by atoms with Gasteiger partial charge >= 0.3 is 0 Å². The number of hydrogen-bond acceptors (Lipinski definition) is 4. The highest BCUT2D eigenvalue weighted by Gasteiger charge is 2.23. The summed E-state index contributed by atoms with van der Waals surface area (Å²) in [7, 11) is 1.85. The minimum absolute atomic E-state index is 0.0108. The topological polar surface area (TPSA) is 55.6 Å². The summed E-state index contributed by atoms with van der Waals surface area (Å²) in [6.07, 6.45) is 9.62. The van der Waals surface area contributed by atoms with Crippen molar-refractivity contribution < 1.29 is 13.9 Å². The second-order valence-corrected chi connectivity index (χ2v) is 7.74. The number of likely N-dealkylation sites (N-methyl/N-ethyl adjacent to an activating group) is 1. The monoisotopic (exact) mass is 356 g/mol. The minimum Gasteiger partial charge on any atom is -0.440 e. The molecule has 1 atom stereocenters. The van der Waals surface area contributed by atoms with Crippen LogP contribution in [0.4, 0.5) is 0 Å². The van der Waals surface area contributed by atoms with Gasteiger partial charge in [0.2, 0.25) is 0 Å². The van der Waals surface area contributed by atoms with E-state index in [0.717, 1.165) is 49.3 Å². The van der Waals surface area contributed by atoms with Crippen LogP contribution in [0.25, 0.3) is 11.1 Å². The van der Waals surface area contributed by atoms with Crippen molar-refractivity contribution in [3.05, 3.63) is 29.7 Å². The van der Waals surface area contributed by atoms with E-state index in [-0.39, 0.29) is 12.0 Å². The highest BCUT2D eigenvalue weighted by molar-refractivity contribution is 5.96. The van der Waals surface area contributed by atoms with Gasteiger partial charge in [0.25, 0.3) is 5.91 Å². The van der Waals surface area contributed by atoms with Crippen LogP contribution >= 0.6 is 0 Å². The molecule has 4 rings (SSSR count). The number of fused-ring (bicyclic) bond motifs is 1. The fraction of sp³-hybridized carbons (Fsp3) is 0.619. The Morgan fingerprint density at radius 2 is 1.96 bits per heavy atom. The zero-order chi connectivity index (χ0) is 17.9. The molecule has 0 radical (unpaired) electrons. The highest BCUT2D eigenvalue weighted by atomic mass is 16.5. The van der Waals surface area contributed by atoms with Gasteiger partial charge in [-0.1, -0.05) is 19.3 Å². The van der Waals surface area contributed by atoms with Crippen molar-refractivity contribution in [1.82, 2.24) is 9.88 Å². The van der Waals surface area contributed by atoms with Crippen LogP contribution in [0.2, 0.25) is 0 Å². The van der Waals surface area contributed by atoms with Crippen LogP contribution in [0.5, 0.6) is 0 Å². The van der Waals surface area contributed by atoms with Gasteiger partial charge in [0.1, 0.15) is 5.52 Å². The Bertz CT molecular complexity index is 758. The molecule has 0 spiro atoms. The molecule has 2 aromatic rings. The third kappa shape index (κ3) is 3.78. The molecule has 140 valence electrons. The normalized spacial score (nSPS) is 21.8. The predicted molar refractivity (Wildman–Crippen MR) is 100 cm³/mol. The number of benzene rings is 1. The van der Waals surface area contributed by atoms with Crippen molar-refractivity contribution >= 4 is 17.0 Å². The van der Waals surface area contributed by atoms with Gasteiger partial charge in [0.15, 0.2) is 11.5 Å². The second-order valence-electron chi connectivity index (χ2n) is 7.74. The quantitative estimate of drug-likeness (QED) is 0.808. The molecule has 2 fully saturated rings. The number of hydrogen-bond donors (Lipinski definition) is 0. The lowest BCUT2D eigenvalue weighted by atomic mass is 9.89. The van der Waals surface area contributed by atoms with E-state index >= 15 is 0 Å². The molecule has 5 heteroatoms. The number of rotatable bonds is 4. The number of ether oxygens (including phenoxy) is 1. The summed E-state index contributed by atoms with van der Waals surface area (Å²) < 4.78 is 11.8. The molecule has 1 aromatic carbocycles. The van der Waals surface area contributed by atoms with E-state index in [2.05, 4.69) is 4.98 Å². The van der Waals surface area contributed by atoms with Gasteiger partial charge in [0, 0.05) is 31.7 Å². The fourth-order valence-corrected chi connectivity index (χ4v) is 4.16. The molecule has 26 heavy (non-hydrogen) atoms. The summed E-state index contributed by atoms with van der Waals surface area (Å²) in [6.45, 7) is 1.45. The van der Waals surface area contributed by atoms with Crippen molar-refractivity contribution in [3.63, 3.8) is 0 Å². The lowest BCUT2D eigenvalue weighted by Gasteiger charge is -2.27. The fourth-order valence-electron chi connectivity index (χ4n) is 4.16. The molecular formula is C21H28N2O3. The summed E-state index contributed by atoms with van der Waals surface area (Å²) in [5, 5.41) is 0. The minimum atomic E-state index is 0.0108. The Morgan fingerprint density at radius 1 is 1.15 bits per heavy atom. The second kappa shape index (κ2) is 7.78. The average Bonchev–Trinajstić information content (AvgIpc) is 3.12. The van der Waals surface area contributed by atoms with Crippen LogP contribution in [0.15, 0.2) is 22.6 Å². The van der Waals surface area contributed by atoms with Crippen molar-refractivity contribution in [2.24, 2.45) is 0 Å². The Morgan fingerprint density at radius 3 is 2.73 bits per heavy atom. The molecule has 1 aliphatic carbocycles. The Kier molecular flexibility index (Phi) is 5.25. The van der Waals surface area contributed by atoms with E-state index in [0.29, 0.717) is 18.0 Å². The van der Waals surface area contributed by atoms with Crippen LogP contribution in [0, 0.1) is 0 Å². The maximum absolute atomic E-state index is 12.8. The standard InChI is InChI=1S/C21H28N2O3/c1-23(14-17-9-5-6-12-25-17)21(24)16-10-11-18-19(13-16)26-20(22-18)15-7-3-2-4-8-15/h10-11,13,15,17H,2-9,12,14H2,1H3/t17-/m0/s1. The Labute approximate surface area is 154 Å². The first-order valence-electron chi connectivity index (χ1n) is 9.98. The van der Waals surface area contributed by atoms with E-state index in [1.54, 1.807) is 4.90 Å². The van der Waals surface area contributed by atoms with Gasteiger partial charge in [-0.25, -0.2) is 4.98 Å². The van der Waals surface area contributed by atoms with Gasteiger partial charge in [-0.2, -0.15) is 0 Å². The first-order valence-corrected chi connectivity index (χ1v) is 9.98. The summed E-state index contributed by atoms with van der Waals surface area (Å²) in [6, 6.07) is 5.61. The van der Waals surface area contributed by atoms with Crippen LogP contribution < -0.4 is 0 Å². The van der Waals surface area contributed by atoms with Gasteiger partial charge in [-0.15, -0.1) is 0 Å². The summed E-state index contributed by atoms with van der Waals surface area (Å²) in [5.74, 6) is 1.28. The van der Waals surface area contributed by atoms with Crippen LogP contribution in [-0.4, -0.2) is 42.1 Å². The molecule has 1 saturated carbocycles. The zero-order valence-electron chi connectivity index (χ0n) is 15.6. The first-order chi connectivity index (χ1) is 12.7. The third-order valence-corrected chi connectivity index (χ3v) is 5.70. The summed E-state index contributed by atoms with van der Waals surface area (Å²) in [5.41, 5.74) is 2.22. The van der Waals surface area contributed by atoms with Gasteiger partial charge in [-0.3, -0.25) is 4.79 Å². The molecule has 5 nitrogen and oxygen atoms in total. The van der Waals surface area contributed by atoms with E-state index < -0.39 is 0 Å². The van der Waals surface area contributed by atoms with Crippen LogP contribution in [0.1, 0.15) is 73.5 Å². The largest absolute Gasteiger partial charge is 0.440 e. The number of oxazole rings is 1. The molecule has 0 bridgehead atoms. The first kappa shape index (κ1) is 17.5. The molecule has 1 amide bonds. The van der Waals surface area contributed by atoms with Crippen molar-refractivity contribution in [2.75, 3.05) is 20.2 Å². The summed E-state index contributed by atoms with van der Waals surface area (Å²) in [4.78, 5) is 19.2. The lowest BCUT2D eigenvalue weighted by molar-refractivity contribution is -0.000185. The SMILES string of the molecule is CN(C[C@@H]1CCCCO1)C(=O)c1ccc2nc(C3CCCCC3)oc2c1.